The number of benzene rings is 3. The second-order valence-corrected chi connectivity index (χ2v) is 8.64. The molecule has 3 aromatic carbocycles. The summed E-state index contributed by atoms with van der Waals surface area (Å²) >= 11 is 1.37. The molecule has 0 atom stereocenters. The molecule has 0 unspecified atom stereocenters. The van der Waals surface area contributed by atoms with Crippen LogP contribution >= 0.6 is 11.3 Å². The Kier molecular flexibility index (Phi) is 5.56. The Balaban J connectivity index is 1.20. The van der Waals surface area contributed by atoms with Gasteiger partial charge in [-0.3, -0.25) is 15.0 Å². The van der Waals surface area contributed by atoms with Crippen molar-refractivity contribution in [3.63, 3.8) is 0 Å². The van der Waals surface area contributed by atoms with E-state index in [1.165, 1.54) is 28.0 Å². The predicted molar refractivity (Wildman–Crippen MR) is 124 cm³/mol. The van der Waals surface area contributed by atoms with E-state index in [9.17, 15) is 4.79 Å². The van der Waals surface area contributed by atoms with Gasteiger partial charge in [0.25, 0.3) is 5.91 Å². The van der Waals surface area contributed by atoms with Crippen LogP contribution in [0.25, 0.3) is 10.6 Å². The van der Waals surface area contributed by atoms with E-state index in [2.05, 4.69) is 44.7 Å². The summed E-state index contributed by atoms with van der Waals surface area (Å²) in [4.78, 5) is 15.1. The third kappa shape index (κ3) is 4.55. The fourth-order valence-electron chi connectivity index (χ4n) is 3.85. The summed E-state index contributed by atoms with van der Waals surface area (Å²) < 4.78 is 0. The van der Waals surface area contributed by atoms with Gasteiger partial charge < -0.3 is 0 Å². The first-order valence-corrected chi connectivity index (χ1v) is 11.1. The second kappa shape index (κ2) is 8.79. The number of hydrogen-bond donors (Lipinski definition) is 1. The molecule has 0 fully saturated rings. The number of amides is 1. The van der Waals surface area contributed by atoms with Crippen molar-refractivity contribution in [3.8, 4) is 10.6 Å². The number of nitrogens with one attached hydrogen (secondary N) is 1. The first-order chi connectivity index (χ1) is 15.2. The van der Waals surface area contributed by atoms with Crippen molar-refractivity contribution < 1.29 is 4.79 Å². The Labute approximate surface area is 185 Å². The van der Waals surface area contributed by atoms with E-state index in [1.807, 2.05) is 54.6 Å². The van der Waals surface area contributed by atoms with Crippen LogP contribution in [0.1, 0.15) is 27.0 Å². The summed E-state index contributed by atoms with van der Waals surface area (Å²) in [5.41, 5.74) is 5.68. The minimum Gasteiger partial charge on any atom is -0.296 e. The van der Waals surface area contributed by atoms with Crippen molar-refractivity contribution in [2.24, 2.45) is 0 Å². The lowest BCUT2D eigenvalue weighted by Crippen LogP contribution is -2.29. The van der Waals surface area contributed by atoms with Crippen LogP contribution in [0.15, 0.2) is 78.9 Å². The Morgan fingerprint density at radius 1 is 0.903 bits per heavy atom. The number of carbonyl (C=O) groups excluding carboxylic acids is 1. The fourth-order valence-corrected chi connectivity index (χ4v) is 4.59. The molecule has 0 spiro atoms. The van der Waals surface area contributed by atoms with Gasteiger partial charge in [-0.15, -0.1) is 10.2 Å². The molecular weight excluding hydrogens is 404 g/mol. The van der Waals surface area contributed by atoms with Gasteiger partial charge in [0.2, 0.25) is 5.13 Å². The van der Waals surface area contributed by atoms with Gasteiger partial charge >= 0.3 is 0 Å². The van der Waals surface area contributed by atoms with Gasteiger partial charge in [-0.25, -0.2) is 0 Å². The van der Waals surface area contributed by atoms with Gasteiger partial charge in [-0.05, 0) is 35.2 Å². The monoisotopic (exact) mass is 426 g/mol. The van der Waals surface area contributed by atoms with Crippen LogP contribution in [0.3, 0.4) is 0 Å². The summed E-state index contributed by atoms with van der Waals surface area (Å²) in [5.74, 6) is -0.172. The molecule has 154 valence electrons. The summed E-state index contributed by atoms with van der Waals surface area (Å²) in [6, 6.07) is 26.3. The summed E-state index contributed by atoms with van der Waals surface area (Å²) in [5, 5.41) is 12.4. The normalized spacial score (nSPS) is 13.5. The van der Waals surface area contributed by atoms with Crippen LogP contribution in [0.2, 0.25) is 0 Å². The van der Waals surface area contributed by atoms with Gasteiger partial charge in [0.1, 0.15) is 5.01 Å². The SMILES string of the molecule is O=C(Nc1nnc(-c2ccccc2)s1)c1ccc(CN2CCc3ccccc3C2)cc1. The van der Waals surface area contributed by atoms with E-state index in [0.29, 0.717) is 10.7 Å². The fraction of sp³-hybridized carbons (Fsp3) is 0.160. The van der Waals surface area contributed by atoms with Crippen LogP contribution in [0, 0.1) is 0 Å². The molecule has 1 aromatic heterocycles. The average molecular weight is 427 g/mol. The Morgan fingerprint density at radius 2 is 1.65 bits per heavy atom. The summed E-state index contributed by atoms with van der Waals surface area (Å²) in [6.45, 7) is 2.91. The maximum absolute atomic E-state index is 12.6. The van der Waals surface area contributed by atoms with Crippen molar-refractivity contribution >= 4 is 22.4 Å². The van der Waals surface area contributed by atoms with Gasteiger partial charge in [0.05, 0.1) is 0 Å². The zero-order valence-electron chi connectivity index (χ0n) is 17.0. The molecule has 0 bridgehead atoms. The molecule has 2 heterocycles. The first kappa shape index (κ1) is 19.6. The van der Waals surface area contributed by atoms with Crippen molar-refractivity contribution in [2.75, 3.05) is 11.9 Å². The molecule has 6 heteroatoms. The Hall–Kier alpha value is -3.35. The number of carbonyl (C=O) groups is 1. The maximum Gasteiger partial charge on any atom is 0.257 e. The quantitative estimate of drug-likeness (QED) is 0.487. The largest absolute Gasteiger partial charge is 0.296 e. The van der Waals surface area contributed by atoms with Gasteiger partial charge in [0, 0.05) is 30.8 Å². The van der Waals surface area contributed by atoms with Crippen LogP contribution in [-0.2, 0) is 19.5 Å². The topological polar surface area (TPSA) is 58.1 Å². The van der Waals surface area contributed by atoms with E-state index >= 15 is 0 Å². The number of rotatable bonds is 5. The predicted octanol–water partition coefficient (Wildman–Crippen LogP) is 5.02. The molecule has 4 aromatic rings. The van der Waals surface area contributed by atoms with E-state index in [1.54, 1.807) is 0 Å². The lowest BCUT2D eigenvalue weighted by atomic mass is 9.99. The van der Waals surface area contributed by atoms with Crippen molar-refractivity contribution in [1.29, 1.82) is 0 Å². The highest BCUT2D eigenvalue weighted by Crippen LogP contribution is 2.26. The van der Waals surface area contributed by atoms with E-state index in [-0.39, 0.29) is 5.91 Å². The smallest absolute Gasteiger partial charge is 0.257 e. The van der Waals surface area contributed by atoms with Gasteiger partial charge in [0.15, 0.2) is 0 Å². The summed E-state index contributed by atoms with van der Waals surface area (Å²) in [7, 11) is 0. The highest BCUT2D eigenvalue weighted by Gasteiger charge is 2.16. The van der Waals surface area contributed by atoms with E-state index in [4.69, 9.17) is 0 Å². The second-order valence-electron chi connectivity index (χ2n) is 7.66. The number of fused-ring (bicyclic) bond motifs is 1. The molecule has 1 N–H and O–H groups in total. The van der Waals surface area contributed by atoms with Crippen molar-refractivity contribution in [3.05, 3.63) is 101 Å². The molecule has 1 aliphatic rings. The Morgan fingerprint density at radius 3 is 2.45 bits per heavy atom. The van der Waals surface area contributed by atoms with Crippen molar-refractivity contribution in [1.82, 2.24) is 15.1 Å². The number of hydrogen-bond acceptors (Lipinski definition) is 5. The van der Waals surface area contributed by atoms with Crippen LogP contribution in [-0.4, -0.2) is 27.5 Å². The number of anilines is 1. The maximum atomic E-state index is 12.6. The van der Waals surface area contributed by atoms with Gasteiger partial charge in [-0.1, -0.05) is 78.1 Å². The molecule has 5 rings (SSSR count). The average Bonchev–Trinajstić information content (AvgIpc) is 3.28. The molecule has 0 saturated carbocycles. The minimum absolute atomic E-state index is 0.172. The molecule has 1 amide bonds. The van der Waals surface area contributed by atoms with Crippen molar-refractivity contribution in [2.45, 2.75) is 19.5 Å². The van der Waals surface area contributed by atoms with E-state index in [0.717, 1.165) is 36.6 Å². The molecule has 1 aliphatic heterocycles. The highest BCUT2D eigenvalue weighted by molar-refractivity contribution is 7.18. The summed E-state index contributed by atoms with van der Waals surface area (Å²) in [6.07, 6.45) is 1.09. The highest BCUT2D eigenvalue weighted by atomic mass is 32.1. The zero-order valence-corrected chi connectivity index (χ0v) is 17.8. The zero-order chi connectivity index (χ0) is 21.0. The number of aromatic nitrogens is 2. The first-order valence-electron chi connectivity index (χ1n) is 10.3. The van der Waals surface area contributed by atoms with Crippen LogP contribution in [0.4, 0.5) is 5.13 Å². The van der Waals surface area contributed by atoms with E-state index < -0.39 is 0 Å². The van der Waals surface area contributed by atoms with Crippen LogP contribution < -0.4 is 5.32 Å². The third-order valence-corrected chi connectivity index (χ3v) is 6.39. The van der Waals surface area contributed by atoms with Crippen LogP contribution in [0.5, 0.6) is 0 Å². The van der Waals surface area contributed by atoms with Gasteiger partial charge in [-0.2, -0.15) is 0 Å². The third-order valence-electron chi connectivity index (χ3n) is 5.50. The number of nitrogens with zero attached hydrogens (tertiary/aromatic N) is 3. The molecule has 0 saturated heterocycles. The molecule has 0 aliphatic carbocycles. The standard InChI is InChI=1S/C25H22N4OS/c30-23(26-25-28-27-24(31-25)21-7-2-1-3-8-21)20-12-10-18(11-13-20)16-29-15-14-19-6-4-5-9-22(19)17-29/h1-13H,14-17H2,(H,26,28,30). The Bertz CT molecular complexity index is 1190. The molecule has 5 nitrogen and oxygen atoms in total. The lowest BCUT2D eigenvalue weighted by molar-refractivity contribution is 0.102. The molecule has 0 radical (unpaired) electrons. The molecular formula is C25H22N4OS. The minimum atomic E-state index is -0.172. The molecule has 31 heavy (non-hydrogen) atoms. The lowest BCUT2D eigenvalue weighted by Gasteiger charge is -2.28.